The Labute approximate surface area is 292 Å². The maximum atomic E-state index is 5.56. The van der Waals surface area contributed by atoms with Crippen molar-refractivity contribution < 1.29 is 17.0 Å². The first kappa shape index (κ1) is 36.9. The van der Waals surface area contributed by atoms with Crippen molar-refractivity contribution in [3.05, 3.63) is 102 Å². The number of nitrogens with zero attached hydrogens (tertiary/aromatic N) is 3. The molecule has 0 spiro atoms. The molecule has 6 rings (SSSR count). The second-order valence-corrected chi connectivity index (χ2v) is 23.2. The Morgan fingerprint density at radius 2 is 1.33 bits per heavy atom. The Hall–Kier alpha value is -0.979. The summed E-state index contributed by atoms with van der Waals surface area (Å²) in [5.41, 5.74) is 6.12. The summed E-state index contributed by atoms with van der Waals surface area (Å²) in [6.07, 6.45) is 19.7. The fraction of sp³-hybridized carbons (Fsp3) is 0.526. The van der Waals surface area contributed by atoms with Gasteiger partial charge in [0.05, 0.1) is 6.17 Å². The second-order valence-electron chi connectivity index (χ2n) is 16.2. The number of aliphatic imine (C=N–C) groups is 1. The summed E-state index contributed by atoms with van der Waals surface area (Å²) >= 11 is -0.556. The van der Waals surface area contributed by atoms with Crippen molar-refractivity contribution in [1.29, 1.82) is 0 Å². The first-order chi connectivity index (χ1) is 20.5. The zero-order valence-electron chi connectivity index (χ0n) is 29.1. The summed E-state index contributed by atoms with van der Waals surface area (Å²) in [6, 6.07) is 10.9. The third kappa shape index (κ3) is 6.96. The van der Waals surface area contributed by atoms with E-state index in [1.54, 1.807) is 0 Å². The normalized spacial score (nSPS) is 31.7. The molecule has 1 saturated heterocycles. The summed E-state index contributed by atoms with van der Waals surface area (Å²) in [7, 11) is 7.61. The molecule has 5 unspecified atom stereocenters. The minimum atomic E-state index is -2.16. The molecule has 1 saturated carbocycles. The Kier molecular flexibility index (Phi) is 11.1. The van der Waals surface area contributed by atoms with E-state index in [0.29, 0.717) is 29.2 Å². The molecular formula is C38H53Cl2N3SiTi-2. The third-order valence-electron chi connectivity index (χ3n) is 10.6. The number of halogens is 2. The summed E-state index contributed by atoms with van der Waals surface area (Å²) in [5, 5.41) is 5.56. The average molecular weight is 699 g/mol. The molecule has 0 N–H and O–H groups in total. The molecule has 45 heavy (non-hydrogen) atoms. The molecule has 2 heterocycles. The molecule has 6 atom stereocenters. The molecule has 2 fully saturated rings. The predicted octanol–water partition coefficient (Wildman–Crippen LogP) is 11.2. The van der Waals surface area contributed by atoms with E-state index < -0.39 is 25.3 Å². The second kappa shape index (κ2) is 13.5. The van der Waals surface area contributed by atoms with Crippen molar-refractivity contribution in [3.63, 3.8) is 0 Å². The van der Waals surface area contributed by atoms with Crippen LogP contribution in [-0.4, -0.2) is 36.9 Å². The fourth-order valence-corrected chi connectivity index (χ4v) is 14.0. The van der Waals surface area contributed by atoms with Gasteiger partial charge in [0.2, 0.25) is 0 Å². The van der Waals surface area contributed by atoms with Crippen LogP contribution in [0.3, 0.4) is 0 Å². The van der Waals surface area contributed by atoms with E-state index in [9.17, 15) is 0 Å². The standard InChI is InChI=1S/C37H50N3Si.CH3.2ClH.Ti/c1-35(2,3)25-16-18-28-29-19-17-26(36(4,5)6)23-31(29)33(30(28)22-25)41(9,10)40-34-32(39-37(40,7)8)27(20-21-38-34)24-14-12-11-13-15-24;;;;/h11-23,28-34H,1-10H3;1H3;2*1H;/q2*-1;;;+2/p-2/t28?,29?,30?,31?,32?,33?,34-;;;;/m0..../s1. The van der Waals surface area contributed by atoms with E-state index in [1.807, 2.05) is 0 Å². The van der Waals surface area contributed by atoms with Crippen LogP contribution in [0.4, 0.5) is 0 Å². The van der Waals surface area contributed by atoms with E-state index in [4.69, 9.17) is 28.9 Å². The summed E-state index contributed by atoms with van der Waals surface area (Å²) in [5.74, 6) is 2.14. The van der Waals surface area contributed by atoms with E-state index in [-0.39, 0.29) is 36.1 Å². The zero-order valence-corrected chi connectivity index (χ0v) is 33.2. The van der Waals surface area contributed by atoms with E-state index in [2.05, 4.69) is 152 Å². The topological polar surface area (TPSA) is 29.7 Å². The van der Waals surface area contributed by atoms with Gasteiger partial charge >= 0.3 is 35.6 Å². The van der Waals surface area contributed by atoms with Crippen LogP contribution in [-0.2, 0) is 17.0 Å². The van der Waals surface area contributed by atoms with Crippen molar-refractivity contribution in [2.45, 2.75) is 91.9 Å². The van der Waals surface area contributed by atoms with Gasteiger partial charge in [0, 0.05) is 6.21 Å². The van der Waals surface area contributed by atoms with Gasteiger partial charge < -0.3 is 17.3 Å². The first-order valence-electron chi connectivity index (χ1n) is 16.1. The van der Waals surface area contributed by atoms with Crippen LogP contribution in [0, 0.1) is 41.9 Å². The molecule has 2 aliphatic heterocycles. The number of hydrogen-bond acceptors (Lipinski definition) is 2. The van der Waals surface area contributed by atoms with Crippen LogP contribution in [0.2, 0.25) is 18.6 Å². The summed E-state index contributed by atoms with van der Waals surface area (Å²) in [6.45, 7) is 24.1. The fourth-order valence-electron chi connectivity index (χ4n) is 8.82. The predicted molar refractivity (Wildman–Crippen MR) is 196 cm³/mol. The minimum absolute atomic E-state index is 0. The van der Waals surface area contributed by atoms with Gasteiger partial charge in [-0.05, 0) is 62.8 Å². The molecule has 0 amide bonds. The Morgan fingerprint density at radius 3 is 1.80 bits per heavy atom. The molecule has 3 aliphatic carbocycles. The molecule has 0 aromatic heterocycles. The number of hydrogen-bond donors (Lipinski definition) is 0. The molecular weight excluding hydrogens is 645 g/mol. The number of dihydropyridines is 1. The van der Waals surface area contributed by atoms with Gasteiger partial charge in [0.1, 0.15) is 8.24 Å². The first-order valence-corrected chi connectivity index (χ1v) is 23.4. The van der Waals surface area contributed by atoms with Gasteiger partial charge in [0.15, 0.2) is 0 Å². The van der Waals surface area contributed by atoms with Gasteiger partial charge in [-0.3, -0.25) is 4.99 Å². The van der Waals surface area contributed by atoms with Crippen molar-refractivity contribution in [3.8, 4) is 0 Å². The van der Waals surface area contributed by atoms with Crippen molar-refractivity contribution >= 4 is 38.6 Å². The van der Waals surface area contributed by atoms with Crippen molar-refractivity contribution in [1.82, 2.24) is 4.57 Å². The quantitative estimate of drug-likeness (QED) is 0.228. The van der Waals surface area contributed by atoms with E-state index in [0.717, 1.165) is 0 Å². The van der Waals surface area contributed by atoms with Gasteiger partial charge in [-0.2, -0.15) is 0 Å². The Balaban J connectivity index is 0.00000111. The maximum absolute atomic E-state index is 5.56. The molecule has 1 aromatic rings. The molecule has 0 bridgehead atoms. The zero-order chi connectivity index (χ0) is 32.2. The molecule has 7 heteroatoms. The van der Waals surface area contributed by atoms with Crippen LogP contribution in [0.1, 0.15) is 61.0 Å². The van der Waals surface area contributed by atoms with Crippen LogP contribution in [0.15, 0.2) is 89.0 Å². The molecule has 3 nitrogen and oxygen atoms in total. The van der Waals surface area contributed by atoms with Crippen LogP contribution < -0.4 is 0 Å². The van der Waals surface area contributed by atoms with E-state index in [1.165, 1.54) is 22.3 Å². The number of allylic oxidation sites excluding steroid dienone is 9. The van der Waals surface area contributed by atoms with Gasteiger partial charge in [-0.25, -0.2) is 0 Å². The number of rotatable bonds is 3. The van der Waals surface area contributed by atoms with Crippen molar-refractivity contribution in [2.24, 2.45) is 39.5 Å². The van der Waals surface area contributed by atoms with Crippen molar-refractivity contribution in [2.75, 3.05) is 0 Å². The molecule has 0 radical (unpaired) electrons. The summed E-state index contributed by atoms with van der Waals surface area (Å²) in [4.78, 5) is 5.21. The van der Waals surface area contributed by atoms with Crippen LogP contribution in [0.25, 0.3) is 10.9 Å². The number of fused-ring (bicyclic) bond motifs is 4. The molecule has 244 valence electrons. The van der Waals surface area contributed by atoms with Crippen LogP contribution in [0.5, 0.6) is 0 Å². The SMILES string of the molecule is CC(C)(C)C1=CC2C(C=C1)C1C=CC(C(C)(C)C)=CC1C2[Si](C)(C)N1[C@@H]2N=CC=C(c3ccccc3)C2[N-]C1(C)C.[CH3-].[Cl][Ti][Cl]. The summed E-state index contributed by atoms with van der Waals surface area (Å²) < 4.78 is 2.83. The number of benzene rings is 1. The molecule has 5 aliphatic rings. The Morgan fingerprint density at radius 1 is 0.844 bits per heavy atom. The van der Waals surface area contributed by atoms with Gasteiger partial charge in [-0.15, -0.1) is 0 Å². The van der Waals surface area contributed by atoms with Gasteiger partial charge in [-0.1, -0.05) is 153 Å². The van der Waals surface area contributed by atoms with E-state index >= 15 is 0 Å². The third-order valence-corrected chi connectivity index (χ3v) is 15.0. The monoisotopic (exact) mass is 697 g/mol. The average Bonchev–Trinajstić information content (AvgIpc) is 3.43. The Bertz CT molecular complexity index is 1360. The molecule has 1 aromatic carbocycles. The van der Waals surface area contributed by atoms with Crippen LogP contribution >= 0.6 is 18.6 Å². The van der Waals surface area contributed by atoms with Gasteiger partial charge in [0.25, 0.3) is 0 Å².